The Morgan fingerprint density at radius 1 is 1.43 bits per heavy atom. The van der Waals surface area contributed by atoms with E-state index in [0.717, 1.165) is 0 Å². The van der Waals surface area contributed by atoms with Crippen LogP contribution in [0, 0.1) is 0 Å². The highest BCUT2D eigenvalue weighted by molar-refractivity contribution is 5.98. The third kappa shape index (κ3) is 2.98. The molecular weight excluding hydrogens is 174 g/mol. The van der Waals surface area contributed by atoms with Crippen molar-refractivity contribution in [2.75, 3.05) is 0 Å². The van der Waals surface area contributed by atoms with Crippen LogP contribution in [0.3, 0.4) is 0 Å². The van der Waals surface area contributed by atoms with Crippen LogP contribution in [0.4, 0.5) is 0 Å². The molecular formula is C12H15NO. The van der Waals surface area contributed by atoms with Crippen molar-refractivity contribution in [2.45, 2.75) is 13.8 Å². The van der Waals surface area contributed by atoms with E-state index in [2.05, 4.69) is 24.9 Å². The fraction of sp³-hybridized carbons (Fsp3) is 0.167. The number of Topliss-reactive ketones (excluding diaryl/α,β-unsaturated/α-hetero) is 1. The number of ketones is 1. The normalized spacial score (nSPS) is 12.1. The number of rotatable bonds is 5. The molecule has 0 aromatic heterocycles. The Morgan fingerprint density at radius 3 is 2.29 bits per heavy atom. The minimum atomic E-state index is -0.0823. The molecule has 2 heteroatoms. The third-order valence-electron chi connectivity index (χ3n) is 1.75. The molecule has 0 N–H and O–H groups in total. The van der Waals surface area contributed by atoms with Crippen LogP contribution in [0.25, 0.3) is 0 Å². The number of nitrogens with zero attached hydrogens (tertiary/aromatic N) is 1. The van der Waals surface area contributed by atoms with Crippen molar-refractivity contribution in [3.63, 3.8) is 0 Å². The maximum atomic E-state index is 11.1. The molecule has 0 radical (unpaired) electrons. The maximum Gasteiger partial charge on any atom is 0.159 e. The molecule has 0 rings (SSSR count). The van der Waals surface area contributed by atoms with Gasteiger partial charge in [-0.2, -0.15) is 0 Å². The van der Waals surface area contributed by atoms with Crippen molar-refractivity contribution >= 4 is 12.5 Å². The quantitative estimate of drug-likeness (QED) is 0.371. The summed E-state index contributed by atoms with van der Waals surface area (Å²) in [7, 11) is 0. The summed E-state index contributed by atoms with van der Waals surface area (Å²) < 4.78 is 0. The molecule has 0 aliphatic carbocycles. The molecule has 14 heavy (non-hydrogen) atoms. The van der Waals surface area contributed by atoms with Gasteiger partial charge in [-0.25, -0.2) is 0 Å². The Labute approximate surface area is 85.1 Å². The topological polar surface area (TPSA) is 29.4 Å². The Balaban J connectivity index is 5.26. The number of hydrogen-bond acceptors (Lipinski definition) is 2. The average molecular weight is 189 g/mol. The van der Waals surface area contributed by atoms with E-state index in [-0.39, 0.29) is 5.78 Å². The molecule has 0 atom stereocenters. The van der Waals surface area contributed by atoms with Crippen molar-refractivity contribution in [1.82, 2.24) is 0 Å². The van der Waals surface area contributed by atoms with Gasteiger partial charge >= 0.3 is 0 Å². The standard InChI is InChI=1S/C12H15NO/c1-6-8-11(9(3)10(4)14)12(7-2)13-5/h6-8H,1,3,5H2,2,4H3/b11-8-,12-7+. The first-order valence-corrected chi connectivity index (χ1v) is 4.24. The summed E-state index contributed by atoms with van der Waals surface area (Å²) in [5, 5.41) is 0. The van der Waals surface area contributed by atoms with Gasteiger partial charge in [0.05, 0.1) is 5.70 Å². The summed E-state index contributed by atoms with van der Waals surface area (Å²) in [6.45, 7) is 14.0. The number of carbonyl (C=O) groups is 1. The maximum absolute atomic E-state index is 11.1. The molecule has 0 heterocycles. The summed E-state index contributed by atoms with van der Waals surface area (Å²) in [5.74, 6) is -0.0823. The molecule has 0 aliphatic heterocycles. The highest BCUT2D eigenvalue weighted by Gasteiger charge is 2.09. The Bertz CT molecular complexity index is 332. The minimum absolute atomic E-state index is 0.0823. The lowest BCUT2D eigenvalue weighted by atomic mass is 10.0. The molecule has 0 spiro atoms. The van der Waals surface area contributed by atoms with E-state index in [1.807, 2.05) is 6.92 Å². The Kier molecular flexibility index (Phi) is 5.15. The SMILES string of the molecule is C=C/C=C(C(=C)C(C)=O)\C(=C/C)N=C. The van der Waals surface area contributed by atoms with Gasteiger partial charge in [0.1, 0.15) is 0 Å². The predicted molar refractivity (Wildman–Crippen MR) is 61.4 cm³/mol. The highest BCUT2D eigenvalue weighted by Crippen LogP contribution is 2.19. The van der Waals surface area contributed by atoms with Crippen LogP contribution in [0.15, 0.2) is 53.2 Å². The summed E-state index contributed by atoms with van der Waals surface area (Å²) in [6.07, 6.45) is 5.07. The van der Waals surface area contributed by atoms with Crippen molar-refractivity contribution in [3.05, 3.63) is 48.2 Å². The van der Waals surface area contributed by atoms with Gasteiger partial charge in [0.25, 0.3) is 0 Å². The van der Waals surface area contributed by atoms with Crippen molar-refractivity contribution < 1.29 is 4.79 Å². The van der Waals surface area contributed by atoms with Crippen LogP contribution in [0.1, 0.15) is 13.8 Å². The molecule has 0 amide bonds. The first-order valence-electron chi connectivity index (χ1n) is 4.24. The van der Waals surface area contributed by atoms with Crippen molar-refractivity contribution in [3.8, 4) is 0 Å². The lowest BCUT2D eigenvalue weighted by Gasteiger charge is -2.07. The number of hydrogen-bond donors (Lipinski definition) is 0. The van der Waals surface area contributed by atoms with Gasteiger partial charge in [-0.1, -0.05) is 31.4 Å². The highest BCUT2D eigenvalue weighted by atomic mass is 16.1. The molecule has 0 fully saturated rings. The average Bonchev–Trinajstić information content (AvgIpc) is 2.17. The molecule has 0 saturated heterocycles. The second-order valence-corrected chi connectivity index (χ2v) is 2.68. The molecule has 2 nitrogen and oxygen atoms in total. The van der Waals surface area contributed by atoms with Crippen LogP contribution in [0.5, 0.6) is 0 Å². The van der Waals surface area contributed by atoms with Crippen LogP contribution >= 0.6 is 0 Å². The lowest BCUT2D eigenvalue weighted by molar-refractivity contribution is -0.113. The van der Waals surface area contributed by atoms with E-state index >= 15 is 0 Å². The smallest absolute Gasteiger partial charge is 0.159 e. The first-order chi connectivity index (χ1) is 6.58. The van der Waals surface area contributed by atoms with Crippen LogP contribution in [-0.2, 0) is 4.79 Å². The zero-order valence-corrected chi connectivity index (χ0v) is 8.71. The second kappa shape index (κ2) is 5.86. The minimum Gasteiger partial charge on any atom is -0.295 e. The molecule has 0 aromatic rings. The first kappa shape index (κ1) is 12.3. The van der Waals surface area contributed by atoms with Crippen LogP contribution in [-0.4, -0.2) is 12.5 Å². The Hall–Kier alpha value is -1.70. The fourth-order valence-corrected chi connectivity index (χ4v) is 0.980. The van der Waals surface area contributed by atoms with Gasteiger partial charge in [-0.3, -0.25) is 9.79 Å². The van der Waals surface area contributed by atoms with Crippen LogP contribution in [0.2, 0.25) is 0 Å². The Morgan fingerprint density at radius 2 is 2.00 bits per heavy atom. The van der Waals surface area contributed by atoms with E-state index < -0.39 is 0 Å². The van der Waals surface area contributed by atoms with Gasteiger partial charge in [0.15, 0.2) is 5.78 Å². The molecule has 74 valence electrons. The van der Waals surface area contributed by atoms with Gasteiger partial charge < -0.3 is 0 Å². The summed E-state index contributed by atoms with van der Waals surface area (Å²) in [6, 6.07) is 0. The number of allylic oxidation sites excluding steroid dienone is 4. The number of carbonyl (C=O) groups excluding carboxylic acids is 1. The molecule has 0 aliphatic rings. The zero-order chi connectivity index (χ0) is 11.1. The summed E-state index contributed by atoms with van der Waals surface area (Å²) >= 11 is 0. The summed E-state index contributed by atoms with van der Waals surface area (Å²) in [4.78, 5) is 14.9. The molecule has 0 saturated carbocycles. The fourth-order valence-electron chi connectivity index (χ4n) is 0.980. The molecule has 0 aromatic carbocycles. The third-order valence-corrected chi connectivity index (χ3v) is 1.75. The van der Waals surface area contributed by atoms with Gasteiger partial charge in [0, 0.05) is 11.1 Å². The molecule has 0 bridgehead atoms. The lowest BCUT2D eigenvalue weighted by Crippen LogP contribution is -2.00. The molecule has 0 unspecified atom stereocenters. The van der Waals surface area contributed by atoms with Crippen molar-refractivity contribution in [2.24, 2.45) is 4.99 Å². The van der Waals surface area contributed by atoms with E-state index in [4.69, 9.17) is 0 Å². The van der Waals surface area contributed by atoms with E-state index in [1.54, 1.807) is 18.2 Å². The van der Waals surface area contributed by atoms with Gasteiger partial charge in [0.2, 0.25) is 0 Å². The monoisotopic (exact) mass is 189 g/mol. The summed E-state index contributed by atoms with van der Waals surface area (Å²) in [5.41, 5.74) is 1.74. The van der Waals surface area contributed by atoms with Crippen molar-refractivity contribution in [1.29, 1.82) is 0 Å². The largest absolute Gasteiger partial charge is 0.295 e. The van der Waals surface area contributed by atoms with E-state index in [0.29, 0.717) is 16.8 Å². The van der Waals surface area contributed by atoms with Gasteiger partial charge in [-0.15, -0.1) is 0 Å². The number of aliphatic imine (C=N–C) groups is 1. The van der Waals surface area contributed by atoms with E-state index in [1.165, 1.54) is 6.92 Å². The van der Waals surface area contributed by atoms with Crippen LogP contribution < -0.4 is 0 Å². The predicted octanol–water partition coefficient (Wildman–Crippen LogP) is 2.85. The zero-order valence-electron chi connectivity index (χ0n) is 8.71. The second-order valence-electron chi connectivity index (χ2n) is 2.68. The van der Waals surface area contributed by atoms with Gasteiger partial charge in [-0.05, 0) is 20.6 Å². The van der Waals surface area contributed by atoms with E-state index in [9.17, 15) is 4.79 Å².